The summed E-state index contributed by atoms with van der Waals surface area (Å²) in [6.07, 6.45) is 3.44. The van der Waals surface area contributed by atoms with Crippen LogP contribution in [0, 0.1) is 0 Å². The highest BCUT2D eigenvalue weighted by atomic mass is 79.9. The molecule has 0 aliphatic heterocycles. The number of hydrogen-bond donors (Lipinski definition) is 1. The maximum atomic E-state index is 11.5. The Kier molecular flexibility index (Phi) is 8.28. The Morgan fingerprint density at radius 1 is 1.44 bits per heavy atom. The molecule has 0 radical (unpaired) electrons. The number of nitrogens with one attached hydrogen (secondary N) is 1. The molecular formula is C18H20BrN3O4S. The van der Waals surface area contributed by atoms with E-state index in [4.69, 9.17) is 14.2 Å². The van der Waals surface area contributed by atoms with Gasteiger partial charge in [-0.05, 0) is 35.0 Å². The molecule has 1 N–H and O–H groups in total. The van der Waals surface area contributed by atoms with Gasteiger partial charge in [-0.25, -0.2) is 4.98 Å². The number of methoxy groups -OCH3 is 1. The number of hydrogen-bond acceptors (Lipinski definition) is 8. The van der Waals surface area contributed by atoms with Crippen molar-refractivity contribution < 1.29 is 19.0 Å². The maximum absolute atomic E-state index is 11.5. The highest BCUT2D eigenvalue weighted by Crippen LogP contribution is 2.33. The average Bonchev–Trinajstić information content (AvgIpc) is 3.08. The number of hydrazone groups is 1. The summed E-state index contributed by atoms with van der Waals surface area (Å²) in [6, 6.07) is 3.62. The Morgan fingerprint density at radius 3 is 2.96 bits per heavy atom. The van der Waals surface area contributed by atoms with Crippen molar-refractivity contribution in [2.24, 2.45) is 5.10 Å². The molecule has 0 amide bonds. The summed E-state index contributed by atoms with van der Waals surface area (Å²) in [6.45, 7) is 6.14. The van der Waals surface area contributed by atoms with E-state index in [2.05, 4.69) is 38.0 Å². The number of ether oxygens (including phenoxy) is 3. The number of aromatic nitrogens is 1. The van der Waals surface area contributed by atoms with E-state index in [1.165, 1.54) is 11.3 Å². The predicted octanol–water partition coefficient (Wildman–Crippen LogP) is 4.03. The number of nitrogens with zero attached hydrogens (tertiary/aromatic N) is 2. The van der Waals surface area contributed by atoms with Gasteiger partial charge in [0.1, 0.15) is 6.61 Å². The summed E-state index contributed by atoms with van der Waals surface area (Å²) in [5.74, 6) is 0.901. The van der Waals surface area contributed by atoms with E-state index < -0.39 is 0 Å². The van der Waals surface area contributed by atoms with Crippen LogP contribution in [0.25, 0.3) is 0 Å². The van der Waals surface area contributed by atoms with Crippen LogP contribution >= 0.6 is 27.3 Å². The lowest BCUT2D eigenvalue weighted by molar-refractivity contribution is -0.142. The first-order valence-electron chi connectivity index (χ1n) is 8.07. The summed E-state index contributed by atoms with van der Waals surface area (Å²) in [7, 11) is 1.57. The molecule has 2 rings (SSSR count). The van der Waals surface area contributed by atoms with Crippen molar-refractivity contribution in [2.45, 2.75) is 13.3 Å². The first-order chi connectivity index (χ1) is 13.1. The Morgan fingerprint density at radius 2 is 2.26 bits per heavy atom. The molecule has 1 aromatic heterocycles. The SMILES string of the molecule is C=CCOc1cc(Br)c(C=NNc2nc(CC(=O)OCC)cs2)cc1OC. The highest BCUT2D eigenvalue weighted by molar-refractivity contribution is 9.10. The molecule has 0 aliphatic rings. The van der Waals surface area contributed by atoms with Crippen LogP contribution in [0.2, 0.25) is 0 Å². The first kappa shape index (κ1) is 20.9. The molecule has 0 saturated heterocycles. The molecule has 0 fully saturated rings. The largest absolute Gasteiger partial charge is 0.493 e. The highest BCUT2D eigenvalue weighted by Gasteiger charge is 2.10. The number of carbonyl (C=O) groups excluding carboxylic acids is 1. The van der Waals surface area contributed by atoms with Crippen LogP contribution < -0.4 is 14.9 Å². The molecule has 27 heavy (non-hydrogen) atoms. The summed E-state index contributed by atoms with van der Waals surface area (Å²) < 4.78 is 16.6. The topological polar surface area (TPSA) is 82.0 Å². The quantitative estimate of drug-likeness (QED) is 0.253. The normalized spacial score (nSPS) is 10.6. The molecule has 0 atom stereocenters. The zero-order valence-corrected chi connectivity index (χ0v) is 17.4. The van der Waals surface area contributed by atoms with Crippen molar-refractivity contribution in [3.05, 3.63) is 45.9 Å². The molecule has 0 unspecified atom stereocenters. The number of thiazole rings is 1. The Hall–Kier alpha value is -2.39. The minimum atomic E-state index is -0.298. The number of halogens is 1. The Balaban J connectivity index is 2.02. The summed E-state index contributed by atoms with van der Waals surface area (Å²) in [5, 5.41) is 6.56. The number of rotatable bonds is 10. The third-order valence-electron chi connectivity index (χ3n) is 3.19. The lowest BCUT2D eigenvalue weighted by atomic mass is 10.2. The Labute approximate surface area is 170 Å². The molecule has 7 nitrogen and oxygen atoms in total. The fourth-order valence-corrected chi connectivity index (χ4v) is 3.11. The summed E-state index contributed by atoms with van der Waals surface area (Å²) in [4.78, 5) is 15.8. The monoisotopic (exact) mass is 453 g/mol. The van der Waals surface area contributed by atoms with E-state index in [-0.39, 0.29) is 12.4 Å². The molecule has 0 saturated carbocycles. The van der Waals surface area contributed by atoms with Crippen molar-refractivity contribution >= 4 is 44.6 Å². The van der Waals surface area contributed by atoms with Crippen molar-refractivity contribution in [1.29, 1.82) is 0 Å². The van der Waals surface area contributed by atoms with Gasteiger partial charge in [-0.1, -0.05) is 12.7 Å². The Bertz CT molecular complexity index is 823. The lowest BCUT2D eigenvalue weighted by Crippen LogP contribution is -2.07. The minimum Gasteiger partial charge on any atom is -0.493 e. The lowest BCUT2D eigenvalue weighted by Gasteiger charge is -2.11. The van der Waals surface area contributed by atoms with Gasteiger partial charge in [0, 0.05) is 15.4 Å². The second kappa shape index (κ2) is 10.7. The number of benzene rings is 1. The van der Waals surface area contributed by atoms with Gasteiger partial charge in [-0.2, -0.15) is 5.10 Å². The molecule has 9 heteroatoms. The zero-order valence-electron chi connectivity index (χ0n) is 15.0. The zero-order chi connectivity index (χ0) is 19.6. The predicted molar refractivity (Wildman–Crippen MR) is 110 cm³/mol. The van der Waals surface area contributed by atoms with E-state index in [1.807, 2.05) is 12.1 Å². The fourth-order valence-electron chi connectivity index (χ4n) is 2.03. The van der Waals surface area contributed by atoms with Gasteiger partial charge in [0.25, 0.3) is 0 Å². The van der Waals surface area contributed by atoms with Crippen molar-refractivity contribution in [2.75, 3.05) is 25.7 Å². The van der Waals surface area contributed by atoms with Crippen LogP contribution in [-0.2, 0) is 16.0 Å². The second-order valence-electron chi connectivity index (χ2n) is 5.12. The van der Waals surface area contributed by atoms with E-state index in [9.17, 15) is 4.79 Å². The number of anilines is 1. The third-order valence-corrected chi connectivity index (χ3v) is 4.67. The second-order valence-corrected chi connectivity index (χ2v) is 6.83. The van der Waals surface area contributed by atoms with Gasteiger partial charge >= 0.3 is 5.97 Å². The van der Waals surface area contributed by atoms with Crippen LogP contribution in [0.15, 0.2) is 39.7 Å². The van der Waals surface area contributed by atoms with E-state index >= 15 is 0 Å². The molecule has 1 aromatic carbocycles. The molecule has 0 spiro atoms. The van der Waals surface area contributed by atoms with Gasteiger partial charge < -0.3 is 14.2 Å². The van der Waals surface area contributed by atoms with Crippen molar-refractivity contribution in [1.82, 2.24) is 4.98 Å². The standard InChI is InChI=1S/C18H20BrN3O4S/c1-4-6-26-16-9-14(19)12(7-15(16)24-3)10-20-22-18-21-13(11-27-18)8-17(23)25-5-2/h4,7,9-11H,1,5-6,8H2,2-3H3,(H,21,22). The van der Waals surface area contributed by atoms with Crippen LogP contribution in [0.3, 0.4) is 0 Å². The summed E-state index contributed by atoms with van der Waals surface area (Å²) >= 11 is 4.85. The molecule has 0 bridgehead atoms. The first-order valence-corrected chi connectivity index (χ1v) is 9.75. The molecule has 2 aromatic rings. The van der Waals surface area contributed by atoms with Crippen LogP contribution in [0.4, 0.5) is 5.13 Å². The van der Waals surface area contributed by atoms with E-state index in [1.54, 1.807) is 31.7 Å². The fraction of sp³-hybridized carbons (Fsp3) is 0.278. The number of carbonyl (C=O) groups is 1. The summed E-state index contributed by atoms with van der Waals surface area (Å²) in [5.41, 5.74) is 4.29. The van der Waals surface area contributed by atoms with Crippen LogP contribution in [-0.4, -0.2) is 37.5 Å². The minimum absolute atomic E-state index is 0.144. The smallest absolute Gasteiger partial charge is 0.311 e. The molecule has 0 aliphatic carbocycles. The van der Waals surface area contributed by atoms with Gasteiger partial charge in [0.05, 0.1) is 32.0 Å². The molecule has 1 heterocycles. The number of esters is 1. The van der Waals surface area contributed by atoms with Gasteiger partial charge in [-0.3, -0.25) is 10.2 Å². The van der Waals surface area contributed by atoms with Crippen LogP contribution in [0.5, 0.6) is 11.5 Å². The van der Waals surface area contributed by atoms with Crippen molar-refractivity contribution in [3.8, 4) is 11.5 Å². The molecular weight excluding hydrogens is 434 g/mol. The maximum Gasteiger partial charge on any atom is 0.311 e. The third kappa shape index (κ3) is 6.37. The van der Waals surface area contributed by atoms with Crippen molar-refractivity contribution in [3.63, 3.8) is 0 Å². The van der Waals surface area contributed by atoms with E-state index in [0.29, 0.717) is 35.5 Å². The van der Waals surface area contributed by atoms with Gasteiger partial charge in [0.15, 0.2) is 11.5 Å². The van der Waals surface area contributed by atoms with Gasteiger partial charge in [0.2, 0.25) is 5.13 Å². The average molecular weight is 454 g/mol. The van der Waals surface area contributed by atoms with E-state index in [0.717, 1.165) is 10.0 Å². The molecule has 144 valence electrons. The van der Waals surface area contributed by atoms with Crippen LogP contribution in [0.1, 0.15) is 18.2 Å². The van der Waals surface area contributed by atoms with Gasteiger partial charge in [-0.15, -0.1) is 11.3 Å².